The first-order chi connectivity index (χ1) is 11.6. The summed E-state index contributed by atoms with van der Waals surface area (Å²) in [5, 5.41) is -0.309. The van der Waals surface area contributed by atoms with Crippen molar-refractivity contribution in [2.24, 2.45) is 0 Å². The maximum atomic E-state index is 13.7. The molecule has 122 valence electrons. The number of imide groups is 1. The molecule has 2 aromatic carbocycles. The van der Waals surface area contributed by atoms with Gasteiger partial charge in [0.25, 0.3) is 11.1 Å². The van der Waals surface area contributed by atoms with Gasteiger partial charge in [0.05, 0.1) is 4.91 Å². The number of hydrogen-bond donors (Lipinski definition) is 0. The Morgan fingerprint density at radius 3 is 2.54 bits per heavy atom. The molecular formula is C18H14FNO3S. The van der Waals surface area contributed by atoms with Gasteiger partial charge in [-0.25, -0.2) is 4.39 Å². The van der Waals surface area contributed by atoms with Crippen LogP contribution >= 0.6 is 11.8 Å². The average Bonchev–Trinajstić information content (AvgIpc) is 2.82. The van der Waals surface area contributed by atoms with Gasteiger partial charge in [0.2, 0.25) is 0 Å². The number of amides is 2. The number of thioether (sulfide) groups is 1. The number of ether oxygens (including phenoxy) is 1. The smallest absolute Gasteiger partial charge is 0.293 e. The topological polar surface area (TPSA) is 46.6 Å². The molecule has 0 spiro atoms. The molecular weight excluding hydrogens is 329 g/mol. The Morgan fingerprint density at radius 2 is 1.83 bits per heavy atom. The lowest BCUT2D eigenvalue weighted by Gasteiger charge is -2.10. The maximum Gasteiger partial charge on any atom is 0.293 e. The van der Waals surface area contributed by atoms with Crippen molar-refractivity contribution < 1.29 is 18.7 Å². The number of hydrogen-bond acceptors (Lipinski definition) is 4. The minimum absolute atomic E-state index is 0.0762. The molecule has 0 aromatic heterocycles. The Labute approximate surface area is 142 Å². The van der Waals surface area contributed by atoms with E-state index in [1.165, 1.54) is 13.1 Å². The van der Waals surface area contributed by atoms with Gasteiger partial charge in [-0.05, 0) is 30.0 Å². The normalized spacial score (nSPS) is 16.1. The third-order valence-electron chi connectivity index (χ3n) is 3.53. The third-order valence-corrected chi connectivity index (χ3v) is 4.49. The zero-order valence-electron chi connectivity index (χ0n) is 12.9. The molecule has 6 heteroatoms. The first kappa shape index (κ1) is 16.3. The molecule has 4 nitrogen and oxygen atoms in total. The van der Waals surface area contributed by atoms with Gasteiger partial charge >= 0.3 is 0 Å². The van der Waals surface area contributed by atoms with E-state index in [4.69, 9.17) is 4.74 Å². The summed E-state index contributed by atoms with van der Waals surface area (Å²) in [5.41, 5.74) is 1.11. The summed E-state index contributed by atoms with van der Waals surface area (Å²) in [6.07, 6.45) is 1.62. The molecule has 1 heterocycles. The molecule has 24 heavy (non-hydrogen) atoms. The molecule has 1 saturated heterocycles. The van der Waals surface area contributed by atoms with E-state index in [2.05, 4.69) is 0 Å². The number of benzene rings is 2. The summed E-state index contributed by atoms with van der Waals surface area (Å²) >= 11 is 0.885. The van der Waals surface area contributed by atoms with Crippen LogP contribution in [-0.4, -0.2) is 23.1 Å². The van der Waals surface area contributed by atoms with E-state index >= 15 is 0 Å². The van der Waals surface area contributed by atoms with Crippen molar-refractivity contribution in [1.29, 1.82) is 0 Å². The fraction of sp³-hybridized carbons (Fsp3) is 0.111. The number of halogens is 1. The van der Waals surface area contributed by atoms with E-state index in [9.17, 15) is 14.0 Å². The average molecular weight is 343 g/mol. The molecule has 1 aliphatic rings. The molecule has 2 amide bonds. The van der Waals surface area contributed by atoms with Crippen molar-refractivity contribution in [2.75, 3.05) is 7.05 Å². The fourth-order valence-electron chi connectivity index (χ4n) is 2.19. The molecule has 3 rings (SSSR count). The summed E-state index contributed by atoms with van der Waals surface area (Å²) in [5.74, 6) is -0.153. The quantitative estimate of drug-likeness (QED) is 0.785. The third kappa shape index (κ3) is 3.33. The van der Waals surface area contributed by atoms with Crippen LogP contribution in [-0.2, 0) is 11.4 Å². The molecule has 0 aliphatic carbocycles. The largest absolute Gasteiger partial charge is 0.488 e. The van der Waals surface area contributed by atoms with Crippen molar-refractivity contribution in [3.05, 3.63) is 70.4 Å². The Kier molecular flexibility index (Phi) is 4.66. The van der Waals surface area contributed by atoms with Gasteiger partial charge in [0.1, 0.15) is 18.2 Å². The number of carbonyl (C=O) groups is 2. The lowest BCUT2D eigenvalue weighted by molar-refractivity contribution is -0.121. The van der Waals surface area contributed by atoms with Crippen molar-refractivity contribution in [3.8, 4) is 5.75 Å². The lowest BCUT2D eigenvalue weighted by atomic mass is 10.1. The monoisotopic (exact) mass is 343 g/mol. The molecule has 0 atom stereocenters. The predicted molar refractivity (Wildman–Crippen MR) is 90.9 cm³/mol. The van der Waals surface area contributed by atoms with E-state index in [0.717, 1.165) is 16.7 Å². The van der Waals surface area contributed by atoms with Gasteiger partial charge in [0.15, 0.2) is 0 Å². The summed E-state index contributed by atoms with van der Waals surface area (Å²) in [6.45, 7) is 0.0762. The van der Waals surface area contributed by atoms with Gasteiger partial charge in [0, 0.05) is 18.2 Å². The molecule has 0 N–H and O–H groups in total. The fourth-order valence-corrected chi connectivity index (χ4v) is 3.01. The Hall–Kier alpha value is -2.60. The van der Waals surface area contributed by atoms with Crippen molar-refractivity contribution >= 4 is 29.0 Å². The number of rotatable bonds is 4. The number of likely N-dealkylation sites (N-methyl/N-ethyl adjacent to an activating group) is 1. The zero-order valence-corrected chi connectivity index (χ0v) is 13.7. The Bertz CT molecular complexity index is 835. The van der Waals surface area contributed by atoms with Crippen LogP contribution in [0.15, 0.2) is 53.4 Å². The van der Waals surface area contributed by atoms with Gasteiger partial charge in [-0.15, -0.1) is 0 Å². The van der Waals surface area contributed by atoms with Gasteiger partial charge in [-0.2, -0.15) is 0 Å². The lowest BCUT2D eigenvalue weighted by Crippen LogP contribution is -2.22. The second-order valence-corrected chi connectivity index (χ2v) is 6.15. The van der Waals surface area contributed by atoms with Crippen molar-refractivity contribution in [1.82, 2.24) is 4.90 Å². The highest BCUT2D eigenvalue weighted by atomic mass is 32.2. The van der Waals surface area contributed by atoms with Crippen LogP contribution < -0.4 is 4.74 Å². The number of carbonyl (C=O) groups excluding carboxylic acids is 2. The van der Waals surface area contributed by atoms with Crippen LogP contribution in [0.2, 0.25) is 0 Å². The van der Waals surface area contributed by atoms with Gasteiger partial charge < -0.3 is 4.74 Å². The first-order valence-electron chi connectivity index (χ1n) is 7.23. The first-order valence-corrected chi connectivity index (χ1v) is 8.04. The number of para-hydroxylation sites is 1. The van der Waals surface area contributed by atoms with E-state index in [1.807, 2.05) is 0 Å². The summed E-state index contributed by atoms with van der Waals surface area (Å²) in [6, 6.07) is 13.5. The molecule has 0 unspecified atom stereocenters. The predicted octanol–water partition coefficient (Wildman–Crippen LogP) is 4.07. The van der Waals surface area contributed by atoms with Gasteiger partial charge in [-0.1, -0.05) is 36.4 Å². The van der Waals surface area contributed by atoms with E-state index in [1.54, 1.807) is 48.5 Å². The van der Waals surface area contributed by atoms with Crippen molar-refractivity contribution in [2.45, 2.75) is 6.61 Å². The van der Waals surface area contributed by atoms with Crippen LogP contribution in [0.1, 0.15) is 11.1 Å². The van der Waals surface area contributed by atoms with Crippen LogP contribution in [0.4, 0.5) is 9.18 Å². The molecule has 0 saturated carbocycles. The molecule has 2 aromatic rings. The highest BCUT2D eigenvalue weighted by Gasteiger charge is 2.31. The van der Waals surface area contributed by atoms with Crippen LogP contribution in [0, 0.1) is 5.82 Å². The van der Waals surface area contributed by atoms with E-state index in [0.29, 0.717) is 21.8 Å². The Balaban J connectivity index is 1.83. The Morgan fingerprint density at radius 1 is 1.12 bits per heavy atom. The maximum absolute atomic E-state index is 13.7. The molecule has 1 fully saturated rings. The van der Waals surface area contributed by atoms with Gasteiger partial charge in [-0.3, -0.25) is 14.5 Å². The van der Waals surface area contributed by atoms with Crippen LogP contribution in [0.25, 0.3) is 6.08 Å². The molecule has 0 bridgehead atoms. The van der Waals surface area contributed by atoms with Crippen molar-refractivity contribution in [3.63, 3.8) is 0 Å². The minimum Gasteiger partial charge on any atom is -0.488 e. The molecule has 0 radical (unpaired) electrons. The highest BCUT2D eigenvalue weighted by molar-refractivity contribution is 8.18. The summed E-state index contributed by atoms with van der Waals surface area (Å²) in [7, 11) is 1.44. The van der Waals surface area contributed by atoms with E-state index in [-0.39, 0.29) is 23.6 Å². The number of nitrogens with zero attached hydrogens (tertiary/aromatic N) is 1. The van der Waals surface area contributed by atoms with Crippen LogP contribution in [0.5, 0.6) is 5.75 Å². The summed E-state index contributed by atoms with van der Waals surface area (Å²) < 4.78 is 19.4. The second-order valence-electron chi connectivity index (χ2n) is 5.16. The zero-order chi connectivity index (χ0) is 17.1. The SMILES string of the molecule is CN1C(=O)SC(=Cc2ccccc2OCc2ccccc2F)C1=O. The minimum atomic E-state index is -0.339. The van der Waals surface area contributed by atoms with Crippen LogP contribution in [0.3, 0.4) is 0 Å². The second kappa shape index (κ2) is 6.88. The summed E-state index contributed by atoms with van der Waals surface area (Å²) in [4.78, 5) is 25.0. The highest BCUT2D eigenvalue weighted by Crippen LogP contribution is 2.33. The van der Waals surface area contributed by atoms with E-state index < -0.39 is 0 Å². The molecule has 1 aliphatic heterocycles. The standard InChI is InChI=1S/C18H14FNO3S/c1-20-17(21)16(24-18(20)22)10-12-6-3-5-9-15(12)23-11-13-7-2-4-8-14(13)19/h2-10H,11H2,1H3.